The fourth-order valence-corrected chi connectivity index (χ4v) is 4.30. The fraction of sp³-hybridized carbons (Fsp3) is 0.462. The molecule has 1 saturated carbocycles. The first-order chi connectivity index (χ1) is 15.3. The first kappa shape index (κ1) is 23.6. The van der Waals surface area contributed by atoms with Crippen LogP contribution < -0.4 is 20.1 Å². The first-order valence-electron chi connectivity index (χ1n) is 11.3. The Morgan fingerprint density at radius 1 is 0.688 bits per heavy atom. The highest BCUT2D eigenvalue weighted by atomic mass is 16.5. The van der Waals surface area contributed by atoms with Gasteiger partial charge in [0.25, 0.3) is 11.8 Å². The maximum atomic E-state index is 12.5. The van der Waals surface area contributed by atoms with Gasteiger partial charge in [-0.15, -0.1) is 0 Å². The molecule has 0 spiro atoms. The van der Waals surface area contributed by atoms with Crippen LogP contribution in [0.5, 0.6) is 11.5 Å². The maximum Gasteiger partial charge on any atom is 0.258 e. The van der Waals surface area contributed by atoms with Gasteiger partial charge in [-0.05, 0) is 87.1 Å². The maximum absolute atomic E-state index is 12.5. The molecule has 0 saturated heterocycles. The van der Waals surface area contributed by atoms with Crippen molar-refractivity contribution in [3.8, 4) is 11.5 Å². The minimum absolute atomic E-state index is 0.0458. The Balaban J connectivity index is 1.48. The first-order valence-corrected chi connectivity index (χ1v) is 11.3. The lowest BCUT2D eigenvalue weighted by molar-refractivity contribution is -0.127. The molecule has 6 heteroatoms. The van der Waals surface area contributed by atoms with Crippen molar-refractivity contribution in [2.24, 2.45) is 0 Å². The molecule has 1 aliphatic rings. The smallest absolute Gasteiger partial charge is 0.258 e. The van der Waals surface area contributed by atoms with Crippen LogP contribution in [0.4, 0.5) is 0 Å². The summed E-state index contributed by atoms with van der Waals surface area (Å²) < 4.78 is 11.3. The van der Waals surface area contributed by atoms with Crippen LogP contribution in [0.15, 0.2) is 36.4 Å². The van der Waals surface area contributed by atoms with E-state index in [2.05, 4.69) is 22.8 Å². The molecule has 2 aromatic carbocycles. The van der Waals surface area contributed by atoms with Crippen LogP contribution in [-0.2, 0) is 9.59 Å². The van der Waals surface area contributed by atoms with Gasteiger partial charge in [-0.25, -0.2) is 0 Å². The number of carbonyl (C=O) groups excluding carboxylic acids is 2. The molecule has 32 heavy (non-hydrogen) atoms. The molecule has 2 aromatic rings. The number of aryl methyl sites for hydroxylation is 4. The standard InChI is InChI=1S/C26H34N2O4/c1-17-9-18(2)12-21(11-17)31-15-25(29)27-23-7-5-6-8-24(23)28-26(30)16-32-22-13-19(3)10-20(4)14-22/h9-14,23-24H,5-8,15-16H2,1-4H3,(H,27,29)(H,28,30)/t23-,24+. The van der Waals surface area contributed by atoms with E-state index in [0.29, 0.717) is 11.5 Å². The summed E-state index contributed by atoms with van der Waals surface area (Å²) in [6.07, 6.45) is 3.71. The minimum atomic E-state index is -0.179. The van der Waals surface area contributed by atoms with Crippen molar-refractivity contribution >= 4 is 11.8 Å². The van der Waals surface area contributed by atoms with E-state index < -0.39 is 0 Å². The van der Waals surface area contributed by atoms with Gasteiger partial charge in [-0.2, -0.15) is 0 Å². The fourth-order valence-electron chi connectivity index (χ4n) is 4.30. The molecule has 3 rings (SSSR count). The zero-order valence-corrected chi connectivity index (χ0v) is 19.5. The molecule has 2 atom stereocenters. The van der Waals surface area contributed by atoms with Gasteiger partial charge in [0.1, 0.15) is 11.5 Å². The largest absolute Gasteiger partial charge is 0.484 e. The van der Waals surface area contributed by atoms with Crippen LogP contribution in [-0.4, -0.2) is 37.1 Å². The van der Waals surface area contributed by atoms with E-state index in [4.69, 9.17) is 9.47 Å². The number of nitrogens with one attached hydrogen (secondary N) is 2. The predicted octanol–water partition coefficient (Wildman–Crippen LogP) is 3.92. The lowest BCUT2D eigenvalue weighted by Gasteiger charge is -2.32. The Morgan fingerprint density at radius 3 is 1.38 bits per heavy atom. The lowest BCUT2D eigenvalue weighted by atomic mass is 9.90. The second-order valence-electron chi connectivity index (χ2n) is 8.86. The van der Waals surface area contributed by atoms with Gasteiger partial charge in [0, 0.05) is 12.1 Å². The third-order valence-electron chi connectivity index (χ3n) is 5.59. The van der Waals surface area contributed by atoms with E-state index >= 15 is 0 Å². The number of carbonyl (C=O) groups is 2. The lowest BCUT2D eigenvalue weighted by Crippen LogP contribution is -2.54. The molecule has 172 valence electrons. The van der Waals surface area contributed by atoms with Gasteiger partial charge in [-0.3, -0.25) is 9.59 Å². The number of ether oxygens (including phenoxy) is 2. The Hall–Kier alpha value is -3.02. The highest BCUT2D eigenvalue weighted by Crippen LogP contribution is 2.20. The van der Waals surface area contributed by atoms with Crippen LogP contribution in [0.2, 0.25) is 0 Å². The summed E-state index contributed by atoms with van der Waals surface area (Å²) in [7, 11) is 0. The molecule has 1 aliphatic carbocycles. The van der Waals surface area contributed by atoms with Crippen molar-refractivity contribution in [3.05, 3.63) is 58.7 Å². The third-order valence-corrected chi connectivity index (χ3v) is 5.59. The van der Waals surface area contributed by atoms with Crippen LogP contribution in [0.25, 0.3) is 0 Å². The van der Waals surface area contributed by atoms with E-state index in [-0.39, 0.29) is 37.1 Å². The summed E-state index contributed by atoms with van der Waals surface area (Å²) in [4.78, 5) is 25.0. The number of hydrogen-bond donors (Lipinski definition) is 2. The number of hydrogen-bond acceptors (Lipinski definition) is 4. The van der Waals surface area contributed by atoms with Crippen molar-refractivity contribution in [2.75, 3.05) is 13.2 Å². The van der Waals surface area contributed by atoms with E-state index in [0.717, 1.165) is 47.9 Å². The molecular weight excluding hydrogens is 404 g/mol. The van der Waals surface area contributed by atoms with Gasteiger partial charge in [0.05, 0.1) is 0 Å². The third kappa shape index (κ3) is 7.29. The summed E-state index contributed by atoms with van der Waals surface area (Å²) in [5.41, 5.74) is 4.38. The van der Waals surface area contributed by atoms with Crippen LogP contribution in [0, 0.1) is 27.7 Å². The molecule has 2 amide bonds. The molecule has 1 fully saturated rings. The molecule has 0 bridgehead atoms. The van der Waals surface area contributed by atoms with Crippen molar-refractivity contribution in [1.29, 1.82) is 0 Å². The normalized spacial score (nSPS) is 18.0. The second kappa shape index (κ2) is 11.0. The molecule has 0 radical (unpaired) electrons. The Labute approximate surface area is 190 Å². The topological polar surface area (TPSA) is 76.7 Å². The van der Waals surface area contributed by atoms with Gasteiger partial charge < -0.3 is 20.1 Å². The van der Waals surface area contributed by atoms with Crippen LogP contribution in [0.3, 0.4) is 0 Å². The zero-order valence-electron chi connectivity index (χ0n) is 19.5. The monoisotopic (exact) mass is 438 g/mol. The highest BCUT2D eigenvalue weighted by Gasteiger charge is 2.28. The Kier molecular flexibility index (Phi) is 8.14. The average Bonchev–Trinajstić information content (AvgIpc) is 2.71. The highest BCUT2D eigenvalue weighted by molar-refractivity contribution is 5.79. The van der Waals surface area contributed by atoms with Crippen molar-refractivity contribution in [2.45, 2.75) is 65.5 Å². The van der Waals surface area contributed by atoms with Gasteiger partial charge in [0.2, 0.25) is 0 Å². The molecule has 0 aliphatic heterocycles. The Bertz CT molecular complexity index is 839. The van der Waals surface area contributed by atoms with Crippen LogP contribution in [0.1, 0.15) is 47.9 Å². The molecule has 6 nitrogen and oxygen atoms in total. The predicted molar refractivity (Wildman–Crippen MR) is 125 cm³/mol. The van der Waals surface area contributed by atoms with Crippen molar-refractivity contribution in [1.82, 2.24) is 10.6 Å². The van der Waals surface area contributed by atoms with Gasteiger partial charge >= 0.3 is 0 Å². The van der Waals surface area contributed by atoms with E-state index in [1.807, 2.05) is 52.0 Å². The quantitative estimate of drug-likeness (QED) is 0.655. The summed E-state index contributed by atoms with van der Waals surface area (Å²) in [5, 5.41) is 6.09. The van der Waals surface area contributed by atoms with E-state index in [9.17, 15) is 9.59 Å². The average molecular weight is 439 g/mol. The second-order valence-corrected chi connectivity index (χ2v) is 8.86. The van der Waals surface area contributed by atoms with E-state index in [1.165, 1.54) is 0 Å². The minimum Gasteiger partial charge on any atom is -0.484 e. The summed E-state index contributed by atoms with van der Waals surface area (Å²) in [5.74, 6) is 1.02. The summed E-state index contributed by atoms with van der Waals surface area (Å²) in [6, 6.07) is 11.6. The SMILES string of the molecule is Cc1cc(C)cc(OCC(=O)N[C@H]2CCCC[C@H]2NC(=O)COc2cc(C)cc(C)c2)c1. The zero-order chi connectivity index (χ0) is 23.1. The number of rotatable bonds is 8. The number of amides is 2. The molecule has 0 heterocycles. The van der Waals surface area contributed by atoms with Crippen molar-refractivity contribution < 1.29 is 19.1 Å². The van der Waals surface area contributed by atoms with Gasteiger partial charge in [-0.1, -0.05) is 25.0 Å². The molecular formula is C26H34N2O4. The van der Waals surface area contributed by atoms with E-state index in [1.54, 1.807) is 0 Å². The van der Waals surface area contributed by atoms with Crippen molar-refractivity contribution in [3.63, 3.8) is 0 Å². The molecule has 0 unspecified atom stereocenters. The molecule has 0 aromatic heterocycles. The number of benzene rings is 2. The molecule has 2 N–H and O–H groups in total. The van der Waals surface area contributed by atoms with Gasteiger partial charge in [0.15, 0.2) is 13.2 Å². The van der Waals surface area contributed by atoms with Crippen LogP contribution >= 0.6 is 0 Å². The summed E-state index contributed by atoms with van der Waals surface area (Å²) >= 11 is 0. The summed E-state index contributed by atoms with van der Waals surface area (Å²) in [6.45, 7) is 7.90. The Morgan fingerprint density at radius 2 is 1.03 bits per heavy atom.